The molecule has 4 nitrogen and oxygen atoms in total. The Hall–Kier alpha value is -1.84. The molecule has 0 aliphatic carbocycles. The van der Waals surface area contributed by atoms with Crippen LogP contribution in [0.25, 0.3) is 10.9 Å². The number of H-pyrrole nitrogens is 1. The van der Waals surface area contributed by atoms with Crippen molar-refractivity contribution in [2.75, 3.05) is 6.54 Å². The molecule has 76 valence electrons. The number of nitrogens with zero attached hydrogens (tertiary/aromatic N) is 1. The van der Waals surface area contributed by atoms with Gasteiger partial charge in [-0.1, -0.05) is 18.2 Å². The number of aromatic amines is 1. The first-order chi connectivity index (χ1) is 7.34. The molecule has 2 aromatic rings. The van der Waals surface area contributed by atoms with Crippen LogP contribution in [0, 0.1) is 0 Å². The quantitative estimate of drug-likeness (QED) is 0.727. The normalized spacial score (nSPS) is 20.8. The number of carbonyl (C=O) groups is 1. The minimum Gasteiger partial charge on any atom is -0.355 e. The van der Waals surface area contributed by atoms with E-state index < -0.39 is 0 Å². The second-order valence-corrected chi connectivity index (χ2v) is 3.86. The van der Waals surface area contributed by atoms with Gasteiger partial charge in [-0.05, 0) is 6.07 Å². The van der Waals surface area contributed by atoms with E-state index in [1.807, 2.05) is 24.3 Å². The third-order valence-electron chi connectivity index (χ3n) is 2.88. The summed E-state index contributed by atoms with van der Waals surface area (Å²) in [5.74, 6) is 0.364. The molecule has 0 radical (unpaired) electrons. The maximum atomic E-state index is 11.1. The molecule has 0 saturated carbocycles. The molecule has 1 aromatic heterocycles. The minimum atomic E-state index is 0.124. The van der Waals surface area contributed by atoms with Gasteiger partial charge in [-0.25, -0.2) is 0 Å². The number of carbonyl (C=O) groups excluding carboxylic acids is 1. The fraction of sp³-hybridized carbons (Fsp3) is 0.273. The maximum absolute atomic E-state index is 11.1. The fourth-order valence-corrected chi connectivity index (χ4v) is 2.10. The van der Waals surface area contributed by atoms with Crippen molar-refractivity contribution in [3.8, 4) is 0 Å². The monoisotopic (exact) mass is 201 g/mol. The minimum absolute atomic E-state index is 0.124. The maximum Gasteiger partial charge on any atom is 0.220 e. The molecule has 4 heteroatoms. The molecule has 1 fully saturated rings. The van der Waals surface area contributed by atoms with Crippen molar-refractivity contribution in [3.63, 3.8) is 0 Å². The molecule has 0 spiro atoms. The van der Waals surface area contributed by atoms with Crippen LogP contribution in [-0.4, -0.2) is 22.6 Å². The Labute approximate surface area is 86.7 Å². The van der Waals surface area contributed by atoms with Gasteiger partial charge in [0.05, 0.1) is 5.52 Å². The van der Waals surface area contributed by atoms with Crippen LogP contribution >= 0.6 is 0 Å². The van der Waals surface area contributed by atoms with Gasteiger partial charge in [-0.3, -0.25) is 9.89 Å². The Kier molecular flexibility index (Phi) is 1.74. The first kappa shape index (κ1) is 8.47. The van der Waals surface area contributed by atoms with Gasteiger partial charge in [0.25, 0.3) is 0 Å². The summed E-state index contributed by atoms with van der Waals surface area (Å²) < 4.78 is 0. The second-order valence-electron chi connectivity index (χ2n) is 3.86. The standard InChI is InChI=1S/C11H11N3O/c15-10-5-7(6-12-10)11-8-3-1-2-4-9(8)13-14-11/h1-4,7H,5-6H2,(H,12,15)(H,13,14). The van der Waals surface area contributed by atoms with Crippen molar-refractivity contribution < 1.29 is 4.79 Å². The number of nitrogens with one attached hydrogen (secondary N) is 2. The summed E-state index contributed by atoms with van der Waals surface area (Å²) in [4.78, 5) is 11.1. The summed E-state index contributed by atoms with van der Waals surface area (Å²) in [6.45, 7) is 0.713. The largest absolute Gasteiger partial charge is 0.355 e. The van der Waals surface area contributed by atoms with Gasteiger partial charge in [-0.2, -0.15) is 5.10 Å². The molecule has 0 bridgehead atoms. The zero-order valence-electron chi connectivity index (χ0n) is 8.16. The highest BCUT2D eigenvalue weighted by Crippen LogP contribution is 2.27. The Bertz CT molecular complexity index is 517. The summed E-state index contributed by atoms with van der Waals surface area (Å²) >= 11 is 0. The molecule has 1 saturated heterocycles. The average molecular weight is 201 g/mol. The predicted molar refractivity (Wildman–Crippen MR) is 56.5 cm³/mol. The van der Waals surface area contributed by atoms with Gasteiger partial charge in [0.15, 0.2) is 0 Å². The van der Waals surface area contributed by atoms with Gasteiger partial charge in [-0.15, -0.1) is 0 Å². The first-order valence-electron chi connectivity index (χ1n) is 5.04. The van der Waals surface area contributed by atoms with Crippen LogP contribution in [0.15, 0.2) is 24.3 Å². The van der Waals surface area contributed by atoms with Crippen molar-refractivity contribution in [2.45, 2.75) is 12.3 Å². The van der Waals surface area contributed by atoms with Crippen molar-refractivity contribution in [1.82, 2.24) is 15.5 Å². The van der Waals surface area contributed by atoms with Crippen LogP contribution in [0.5, 0.6) is 0 Å². The van der Waals surface area contributed by atoms with Gasteiger partial charge in [0.1, 0.15) is 0 Å². The number of rotatable bonds is 1. The second kappa shape index (κ2) is 3.08. The molecule has 3 rings (SSSR count). The van der Waals surface area contributed by atoms with E-state index in [0.717, 1.165) is 16.6 Å². The molecule has 1 aliphatic heterocycles. The predicted octanol–water partition coefficient (Wildman–Crippen LogP) is 1.17. The molecule has 1 aromatic carbocycles. The lowest BCUT2D eigenvalue weighted by Gasteiger charge is -2.03. The van der Waals surface area contributed by atoms with Crippen molar-refractivity contribution in [2.24, 2.45) is 0 Å². The van der Waals surface area contributed by atoms with E-state index in [1.54, 1.807) is 0 Å². The molecule has 2 N–H and O–H groups in total. The lowest BCUT2D eigenvalue weighted by atomic mass is 10.0. The molecular formula is C11H11N3O. The summed E-state index contributed by atoms with van der Waals surface area (Å²) in [5, 5.41) is 11.2. The van der Waals surface area contributed by atoms with E-state index in [2.05, 4.69) is 15.5 Å². The van der Waals surface area contributed by atoms with E-state index in [0.29, 0.717) is 13.0 Å². The number of benzene rings is 1. The van der Waals surface area contributed by atoms with Crippen molar-refractivity contribution in [1.29, 1.82) is 0 Å². The average Bonchev–Trinajstić information content (AvgIpc) is 2.83. The third-order valence-corrected chi connectivity index (χ3v) is 2.88. The highest BCUT2D eigenvalue weighted by molar-refractivity contribution is 5.85. The molecule has 1 atom stereocenters. The van der Waals surface area contributed by atoms with Gasteiger partial charge >= 0.3 is 0 Å². The van der Waals surface area contributed by atoms with Crippen molar-refractivity contribution in [3.05, 3.63) is 30.0 Å². The van der Waals surface area contributed by atoms with Crippen molar-refractivity contribution >= 4 is 16.8 Å². The lowest BCUT2D eigenvalue weighted by molar-refractivity contribution is -0.119. The van der Waals surface area contributed by atoms with Gasteiger partial charge < -0.3 is 5.32 Å². The Morgan fingerprint density at radius 2 is 2.20 bits per heavy atom. The smallest absolute Gasteiger partial charge is 0.220 e. The third kappa shape index (κ3) is 1.29. The van der Waals surface area contributed by atoms with Crippen LogP contribution in [0.3, 0.4) is 0 Å². The van der Waals surface area contributed by atoms with E-state index in [1.165, 1.54) is 0 Å². The number of hydrogen-bond acceptors (Lipinski definition) is 2. The zero-order chi connectivity index (χ0) is 10.3. The van der Waals surface area contributed by atoms with Gasteiger partial charge in [0.2, 0.25) is 5.91 Å². The summed E-state index contributed by atoms with van der Waals surface area (Å²) in [6, 6.07) is 7.97. The zero-order valence-corrected chi connectivity index (χ0v) is 8.16. The molecular weight excluding hydrogens is 190 g/mol. The lowest BCUT2D eigenvalue weighted by Crippen LogP contribution is -2.13. The van der Waals surface area contributed by atoms with E-state index in [4.69, 9.17) is 0 Å². The molecule has 1 amide bonds. The van der Waals surface area contributed by atoms with Crippen LogP contribution in [0.2, 0.25) is 0 Å². The number of aromatic nitrogens is 2. The Morgan fingerprint density at radius 1 is 1.33 bits per heavy atom. The number of hydrogen-bond donors (Lipinski definition) is 2. The number of fused-ring (bicyclic) bond motifs is 1. The topological polar surface area (TPSA) is 57.8 Å². The molecule has 2 heterocycles. The number of amides is 1. The van der Waals surface area contributed by atoms with E-state index >= 15 is 0 Å². The summed E-state index contributed by atoms with van der Waals surface area (Å²) in [6.07, 6.45) is 0.562. The van der Waals surface area contributed by atoms with Crippen LogP contribution in [-0.2, 0) is 4.79 Å². The van der Waals surface area contributed by atoms with Crippen LogP contribution in [0.1, 0.15) is 18.0 Å². The fourth-order valence-electron chi connectivity index (χ4n) is 2.10. The molecule has 1 aliphatic rings. The van der Waals surface area contributed by atoms with Crippen LogP contribution < -0.4 is 5.32 Å². The highest BCUT2D eigenvalue weighted by atomic mass is 16.1. The summed E-state index contributed by atoms with van der Waals surface area (Å²) in [5.41, 5.74) is 2.04. The first-order valence-corrected chi connectivity index (χ1v) is 5.04. The Balaban J connectivity index is 2.07. The SMILES string of the molecule is O=C1CC(c2[nH]nc3ccccc23)CN1. The van der Waals surface area contributed by atoms with E-state index in [-0.39, 0.29) is 11.8 Å². The highest BCUT2D eigenvalue weighted by Gasteiger charge is 2.25. The van der Waals surface area contributed by atoms with Crippen LogP contribution in [0.4, 0.5) is 0 Å². The Morgan fingerprint density at radius 3 is 3.00 bits per heavy atom. The molecule has 15 heavy (non-hydrogen) atoms. The molecule has 1 unspecified atom stereocenters. The summed E-state index contributed by atoms with van der Waals surface area (Å²) in [7, 11) is 0. The number of para-hydroxylation sites is 1. The van der Waals surface area contributed by atoms with Gasteiger partial charge in [0, 0.05) is 30.0 Å². The van der Waals surface area contributed by atoms with E-state index in [9.17, 15) is 4.79 Å².